The fraction of sp³-hybridized carbons (Fsp3) is 0.333. The van der Waals surface area contributed by atoms with Crippen molar-refractivity contribution in [2.24, 2.45) is 0 Å². The molecule has 0 aliphatic heterocycles. The van der Waals surface area contributed by atoms with Gasteiger partial charge in [-0.25, -0.2) is 0 Å². The second-order valence-electron chi connectivity index (χ2n) is 3.69. The van der Waals surface area contributed by atoms with Crippen molar-refractivity contribution in [3.05, 3.63) is 41.5 Å². The first kappa shape index (κ1) is 10.0. The Morgan fingerprint density at radius 3 is 2.54 bits per heavy atom. The molecule has 1 heteroatoms. The molecule has 1 nitrogen and oxygen atoms in total. The van der Waals surface area contributed by atoms with Crippen molar-refractivity contribution in [3.8, 4) is 0 Å². The summed E-state index contributed by atoms with van der Waals surface area (Å²) in [5, 5.41) is 0. The van der Waals surface area contributed by atoms with Crippen LogP contribution >= 0.6 is 0 Å². The van der Waals surface area contributed by atoms with Gasteiger partial charge in [-0.1, -0.05) is 36.4 Å². The molecule has 0 aliphatic carbocycles. The molecule has 1 aromatic carbocycles. The minimum Gasteiger partial charge on any atom is -0.305 e. The van der Waals surface area contributed by atoms with Gasteiger partial charge in [0.1, 0.15) is 0 Å². The number of benzene rings is 1. The van der Waals surface area contributed by atoms with Crippen molar-refractivity contribution < 1.29 is 0 Å². The van der Waals surface area contributed by atoms with Crippen LogP contribution in [0.4, 0.5) is 0 Å². The molecule has 0 saturated heterocycles. The van der Waals surface area contributed by atoms with Gasteiger partial charge < -0.3 is 4.90 Å². The van der Waals surface area contributed by atoms with Gasteiger partial charge in [0.15, 0.2) is 0 Å². The quantitative estimate of drug-likeness (QED) is 0.682. The van der Waals surface area contributed by atoms with Crippen LogP contribution in [0.25, 0.3) is 6.08 Å². The Balaban J connectivity index is 2.94. The SMILES string of the molecule is C=Cc1cc(C)cc(CN(C)C)c1. The van der Waals surface area contributed by atoms with Gasteiger partial charge in [0.05, 0.1) is 0 Å². The number of hydrogen-bond acceptors (Lipinski definition) is 1. The summed E-state index contributed by atoms with van der Waals surface area (Å²) in [6.07, 6.45) is 1.90. The summed E-state index contributed by atoms with van der Waals surface area (Å²) >= 11 is 0. The van der Waals surface area contributed by atoms with E-state index in [4.69, 9.17) is 0 Å². The van der Waals surface area contributed by atoms with E-state index in [2.05, 4.69) is 50.7 Å². The fourth-order valence-electron chi connectivity index (χ4n) is 1.47. The Bertz CT molecular complexity index is 300. The fourth-order valence-corrected chi connectivity index (χ4v) is 1.47. The number of rotatable bonds is 3. The van der Waals surface area contributed by atoms with Gasteiger partial charge in [-0.2, -0.15) is 0 Å². The van der Waals surface area contributed by atoms with E-state index in [0.29, 0.717) is 0 Å². The molecule has 0 saturated carbocycles. The van der Waals surface area contributed by atoms with E-state index < -0.39 is 0 Å². The highest BCUT2D eigenvalue weighted by Gasteiger charge is 1.97. The maximum absolute atomic E-state index is 3.78. The second kappa shape index (κ2) is 4.24. The van der Waals surface area contributed by atoms with Crippen LogP contribution in [0.5, 0.6) is 0 Å². The number of hydrogen-bond donors (Lipinski definition) is 0. The molecular weight excluding hydrogens is 158 g/mol. The van der Waals surface area contributed by atoms with Crippen LogP contribution in [0.3, 0.4) is 0 Å². The van der Waals surface area contributed by atoms with E-state index in [9.17, 15) is 0 Å². The lowest BCUT2D eigenvalue weighted by Gasteiger charge is -2.10. The molecule has 0 unspecified atom stereocenters. The normalized spacial score (nSPS) is 10.5. The molecule has 0 bridgehead atoms. The Labute approximate surface area is 80.7 Å². The zero-order valence-corrected chi connectivity index (χ0v) is 8.67. The standard InChI is InChI=1S/C12H17N/c1-5-11-6-10(2)7-12(8-11)9-13(3)4/h5-8H,1,9H2,2-4H3. The molecule has 0 atom stereocenters. The summed E-state index contributed by atoms with van der Waals surface area (Å²) in [5.74, 6) is 0. The predicted molar refractivity (Wildman–Crippen MR) is 58.7 cm³/mol. The van der Waals surface area contributed by atoms with Crippen LogP contribution in [0.1, 0.15) is 16.7 Å². The van der Waals surface area contributed by atoms with Crippen LogP contribution < -0.4 is 0 Å². The van der Waals surface area contributed by atoms with Crippen molar-refractivity contribution >= 4 is 6.08 Å². The maximum Gasteiger partial charge on any atom is 0.0227 e. The van der Waals surface area contributed by atoms with Crippen molar-refractivity contribution in [1.82, 2.24) is 4.90 Å². The van der Waals surface area contributed by atoms with Crippen molar-refractivity contribution in [2.45, 2.75) is 13.5 Å². The maximum atomic E-state index is 3.78. The lowest BCUT2D eigenvalue weighted by molar-refractivity contribution is 0.402. The van der Waals surface area contributed by atoms with E-state index in [0.717, 1.165) is 6.54 Å². The third-order valence-corrected chi connectivity index (χ3v) is 1.89. The van der Waals surface area contributed by atoms with E-state index >= 15 is 0 Å². The molecule has 0 N–H and O–H groups in total. The summed E-state index contributed by atoms with van der Waals surface area (Å²) in [6.45, 7) is 6.88. The Hall–Kier alpha value is -1.08. The van der Waals surface area contributed by atoms with Gasteiger partial charge in [0.25, 0.3) is 0 Å². The molecule has 1 aromatic rings. The summed E-state index contributed by atoms with van der Waals surface area (Å²) in [6, 6.07) is 6.54. The molecule has 0 fully saturated rings. The molecule has 0 spiro atoms. The van der Waals surface area contributed by atoms with Crippen LogP contribution in [-0.4, -0.2) is 19.0 Å². The van der Waals surface area contributed by atoms with Gasteiger partial charge in [0, 0.05) is 6.54 Å². The lowest BCUT2D eigenvalue weighted by Crippen LogP contribution is -2.10. The van der Waals surface area contributed by atoms with E-state index in [1.807, 2.05) is 6.08 Å². The first-order valence-electron chi connectivity index (χ1n) is 4.49. The van der Waals surface area contributed by atoms with Crippen molar-refractivity contribution in [2.75, 3.05) is 14.1 Å². The smallest absolute Gasteiger partial charge is 0.0227 e. The van der Waals surface area contributed by atoms with Crippen molar-refractivity contribution in [3.63, 3.8) is 0 Å². The first-order chi connectivity index (χ1) is 6.11. The Morgan fingerprint density at radius 1 is 1.31 bits per heavy atom. The van der Waals surface area contributed by atoms with Gasteiger partial charge in [-0.3, -0.25) is 0 Å². The molecule has 13 heavy (non-hydrogen) atoms. The summed E-state index contributed by atoms with van der Waals surface area (Å²) in [7, 11) is 4.16. The summed E-state index contributed by atoms with van der Waals surface area (Å²) in [5.41, 5.74) is 3.85. The minimum absolute atomic E-state index is 0.989. The van der Waals surface area contributed by atoms with Crippen LogP contribution in [-0.2, 0) is 6.54 Å². The van der Waals surface area contributed by atoms with Gasteiger partial charge >= 0.3 is 0 Å². The second-order valence-corrected chi connectivity index (χ2v) is 3.69. The zero-order valence-electron chi connectivity index (χ0n) is 8.67. The molecule has 1 rings (SSSR count). The highest BCUT2D eigenvalue weighted by molar-refractivity contribution is 5.49. The topological polar surface area (TPSA) is 3.24 Å². The largest absolute Gasteiger partial charge is 0.305 e. The third kappa shape index (κ3) is 3.03. The van der Waals surface area contributed by atoms with E-state index in [1.165, 1.54) is 16.7 Å². The van der Waals surface area contributed by atoms with Crippen LogP contribution in [0, 0.1) is 6.92 Å². The van der Waals surface area contributed by atoms with E-state index in [1.54, 1.807) is 0 Å². The highest BCUT2D eigenvalue weighted by atomic mass is 15.0. The molecule has 0 heterocycles. The zero-order chi connectivity index (χ0) is 9.84. The highest BCUT2D eigenvalue weighted by Crippen LogP contribution is 2.11. The minimum atomic E-state index is 0.989. The third-order valence-electron chi connectivity index (χ3n) is 1.89. The van der Waals surface area contributed by atoms with Crippen LogP contribution in [0.2, 0.25) is 0 Å². The Morgan fingerprint density at radius 2 is 2.00 bits per heavy atom. The molecule has 0 aliphatic rings. The summed E-state index contributed by atoms with van der Waals surface area (Å²) in [4.78, 5) is 2.17. The molecule has 0 aromatic heterocycles. The lowest BCUT2D eigenvalue weighted by atomic mass is 10.1. The van der Waals surface area contributed by atoms with Gasteiger partial charge in [-0.05, 0) is 32.1 Å². The average molecular weight is 175 g/mol. The molecule has 70 valence electrons. The first-order valence-corrected chi connectivity index (χ1v) is 4.49. The molecule has 0 radical (unpaired) electrons. The predicted octanol–water partition coefficient (Wildman–Crippen LogP) is 2.70. The monoisotopic (exact) mass is 175 g/mol. The van der Waals surface area contributed by atoms with Gasteiger partial charge in [-0.15, -0.1) is 0 Å². The molecule has 0 amide bonds. The number of nitrogens with zero attached hydrogens (tertiary/aromatic N) is 1. The molecular formula is C12H17N. The van der Waals surface area contributed by atoms with Crippen LogP contribution in [0.15, 0.2) is 24.8 Å². The number of aryl methyl sites for hydroxylation is 1. The average Bonchev–Trinajstić information content (AvgIpc) is 2.01. The van der Waals surface area contributed by atoms with E-state index in [-0.39, 0.29) is 0 Å². The Kier molecular flexibility index (Phi) is 3.26. The van der Waals surface area contributed by atoms with Gasteiger partial charge in [0.2, 0.25) is 0 Å². The summed E-state index contributed by atoms with van der Waals surface area (Å²) < 4.78 is 0. The van der Waals surface area contributed by atoms with Crippen molar-refractivity contribution in [1.29, 1.82) is 0 Å².